The Balaban J connectivity index is 1.87. The molecule has 0 amide bonds. The minimum atomic E-state index is 0.433. The molecule has 3 unspecified atom stereocenters. The van der Waals surface area contributed by atoms with Crippen molar-refractivity contribution in [1.29, 1.82) is 0 Å². The van der Waals surface area contributed by atoms with Crippen LogP contribution in [-0.2, 0) is 0 Å². The van der Waals surface area contributed by atoms with Crippen LogP contribution in [-0.4, -0.2) is 41.1 Å². The zero-order valence-electron chi connectivity index (χ0n) is 11.6. The molecular weight excluding hydrogens is 228 g/mol. The summed E-state index contributed by atoms with van der Waals surface area (Å²) in [4.78, 5) is 2.65. The Bertz CT molecular complexity index is 255. The molecule has 17 heavy (non-hydrogen) atoms. The largest absolute Gasteiger partial charge is 0.327 e. The zero-order valence-corrected chi connectivity index (χ0v) is 12.4. The van der Waals surface area contributed by atoms with Gasteiger partial charge in [-0.2, -0.15) is 11.8 Å². The van der Waals surface area contributed by atoms with Crippen LogP contribution in [0.15, 0.2) is 0 Å². The van der Waals surface area contributed by atoms with Crippen LogP contribution in [0, 0.1) is 11.8 Å². The van der Waals surface area contributed by atoms with Gasteiger partial charge in [0.2, 0.25) is 0 Å². The molecule has 2 fully saturated rings. The molecule has 2 N–H and O–H groups in total. The van der Waals surface area contributed by atoms with Gasteiger partial charge in [-0.05, 0) is 44.9 Å². The molecule has 1 aliphatic carbocycles. The first-order valence-electron chi connectivity index (χ1n) is 7.08. The van der Waals surface area contributed by atoms with Crippen LogP contribution in [0.2, 0.25) is 0 Å². The summed E-state index contributed by atoms with van der Waals surface area (Å²) in [6.45, 7) is 10.8. The van der Waals surface area contributed by atoms with Crippen LogP contribution in [0.1, 0.15) is 40.0 Å². The molecule has 100 valence electrons. The fourth-order valence-corrected chi connectivity index (χ4v) is 4.51. The minimum Gasteiger partial charge on any atom is -0.327 e. The maximum Gasteiger partial charge on any atom is 0.0231 e. The van der Waals surface area contributed by atoms with E-state index in [1.54, 1.807) is 0 Å². The minimum absolute atomic E-state index is 0.433. The van der Waals surface area contributed by atoms with Crippen molar-refractivity contribution in [2.75, 3.05) is 25.4 Å². The van der Waals surface area contributed by atoms with Crippen molar-refractivity contribution in [3.63, 3.8) is 0 Å². The normalized spacial score (nSPS) is 39.2. The summed E-state index contributed by atoms with van der Waals surface area (Å²) in [6, 6.07) is 0.448. The molecule has 0 radical (unpaired) electrons. The summed E-state index contributed by atoms with van der Waals surface area (Å²) < 4.78 is 0.433. The van der Waals surface area contributed by atoms with Gasteiger partial charge in [0.25, 0.3) is 0 Å². The molecule has 1 aliphatic heterocycles. The van der Waals surface area contributed by atoms with Gasteiger partial charge in [-0.15, -0.1) is 0 Å². The van der Waals surface area contributed by atoms with Crippen LogP contribution < -0.4 is 5.73 Å². The van der Waals surface area contributed by atoms with E-state index in [1.807, 2.05) is 0 Å². The Morgan fingerprint density at radius 2 is 2.12 bits per heavy atom. The lowest BCUT2D eigenvalue weighted by Gasteiger charge is -2.42. The Labute approximate surface area is 111 Å². The Hall–Kier alpha value is 0.270. The highest BCUT2D eigenvalue weighted by molar-refractivity contribution is 8.00. The smallest absolute Gasteiger partial charge is 0.0231 e. The summed E-state index contributed by atoms with van der Waals surface area (Å²) in [5.41, 5.74) is 6.29. The topological polar surface area (TPSA) is 29.3 Å². The molecule has 1 heterocycles. The highest BCUT2D eigenvalue weighted by atomic mass is 32.2. The van der Waals surface area contributed by atoms with E-state index >= 15 is 0 Å². The zero-order chi connectivity index (χ0) is 12.5. The van der Waals surface area contributed by atoms with Crippen molar-refractivity contribution in [2.45, 2.75) is 50.8 Å². The summed E-state index contributed by atoms with van der Waals surface area (Å²) in [5.74, 6) is 2.90. The molecule has 0 aromatic carbocycles. The molecule has 3 atom stereocenters. The van der Waals surface area contributed by atoms with E-state index in [9.17, 15) is 0 Å². The summed E-state index contributed by atoms with van der Waals surface area (Å²) in [5, 5.41) is 0. The third kappa shape index (κ3) is 3.87. The lowest BCUT2D eigenvalue weighted by atomic mass is 9.79. The molecule has 3 heteroatoms. The first kappa shape index (κ1) is 13.7. The highest BCUT2D eigenvalue weighted by Crippen LogP contribution is 2.33. The van der Waals surface area contributed by atoms with Crippen LogP contribution in [0.5, 0.6) is 0 Å². The van der Waals surface area contributed by atoms with Gasteiger partial charge < -0.3 is 10.6 Å². The van der Waals surface area contributed by atoms with E-state index in [2.05, 4.69) is 37.4 Å². The number of nitrogens with zero attached hydrogens (tertiary/aromatic N) is 1. The van der Waals surface area contributed by atoms with E-state index in [1.165, 1.54) is 44.6 Å². The second kappa shape index (κ2) is 5.50. The van der Waals surface area contributed by atoms with E-state index in [0.29, 0.717) is 10.8 Å². The van der Waals surface area contributed by atoms with Gasteiger partial charge in [-0.3, -0.25) is 0 Å². The van der Waals surface area contributed by atoms with Gasteiger partial charge in [0.1, 0.15) is 0 Å². The molecule has 2 rings (SSSR count). The standard InChI is InChI=1S/C14H28N2S/c1-11-4-5-13(15)12(8-11)9-16-6-7-17-14(2,3)10-16/h11-13H,4-10,15H2,1-3H3. The quantitative estimate of drug-likeness (QED) is 0.823. The van der Waals surface area contributed by atoms with Crippen molar-refractivity contribution in [3.05, 3.63) is 0 Å². The van der Waals surface area contributed by atoms with Crippen LogP contribution in [0.4, 0.5) is 0 Å². The average Bonchev–Trinajstić information content (AvgIpc) is 2.22. The summed E-state index contributed by atoms with van der Waals surface area (Å²) in [6.07, 6.45) is 3.90. The lowest BCUT2D eigenvalue weighted by Crippen LogP contribution is -2.49. The molecule has 2 aliphatic rings. The number of nitrogens with two attached hydrogens (primary N) is 1. The fraction of sp³-hybridized carbons (Fsp3) is 1.00. The molecule has 2 nitrogen and oxygen atoms in total. The summed E-state index contributed by atoms with van der Waals surface area (Å²) >= 11 is 2.11. The number of thioether (sulfide) groups is 1. The predicted molar refractivity (Wildman–Crippen MR) is 77.5 cm³/mol. The third-order valence-electron chi connectivity index (χ3n) is 4.30. The number of hydrogen-bond donors (Lipinski definition) is 1. The average molecular weight is 256 g/mol. The molecule has 0 bridgehead atoms. The van der Waals surface area contributed by atoms with Crippen molar-refractivity contribution < 1.29 is 0 Å². The number of rotatable bonds is 2. The fourth-order valence-electron chi connectivity index (χ4n) is 3.33. The second-order valence-corrected chi connectivity index (χ2v) is 8.49. The maximum absolute atomic E-state index is 6.29. The van der Waals surface area contributed by atoms with E-state index in [0.717, 1.165) is 11.8 Å². The van der Waals surface area contributed by atoms with Crippen molar-refractivity contribution in [2.24, 2.45) is 17.6 Å². The van der Waals surface area contributed by atoms with Crippen molar-refractivity contribution in [3.8, 4) is 0 Å². The predicted octanol–water partition coefficient (Wildman–Crippen LogP) is 2.58. The number of hydrogen-bond acceptors (Lipinski definition) is 3. The molecule has 0 aromatic rings. The van der Waals surface area contributed by atoms with E-state index in [4.69, 9.17) is 5.73 Å². The van der Waals surface area contributed by atoms with Gasteiger partial charge in [0.15, 0.2) is 0 Å². The highest BCUT2D eigenvalue weighted by Gasteiger charge is 2.31. The molecule has 1 saturated carbocycles. The van der Waals surface area contributed by atoms with E-state index in [-0.39, 0.29) is 0 Å². The van der Waals surface area contributed by atoms with Crippen LogP contribution in [0.25, 0.3) is 0 Å². The van der Waals surface area contributed by atoms with Crippen molar-refractivity contribution >= 4 is 11.8 Å². The first-order valence-corrected chi connectivity index (χ1v) is 8.07. The lowest BCUT2D eigenvalue weighted by molar-refractivity contribution is 0.157. The van der Waals surface area contributed by atoms with Gasteiger partial charge >= 0.3 is 0 Å². The van der Waals surface area contributed by atoms with Crippen LogP contribution >= 0.6 is 11.8 Å². The monoisotopic (exact) mass is 256 g/mol. The van der Waals surface area contributed by atoms with Gasteiger partial charge in [0.05, 0.1) is 0 Å². The Kier molecular flexibility index (Phi) is 4.43. The van der Waals surface area contributed by atoms with E-state index < -0.39 is 0 Å². The Morgan fingerprint density at radius 1 is 1.35 bits per heavy atom. The third-order valence-corrected chi connectivity index (χ3v) is 5.60. The molecule has 0 spiro atoms. The van der Waals surface area contributed by atoms with Crippen LogP contribution in [0.3, 0.4) is 0 Å². The SMILES string of the molecule is CC1CCC(N)C(CN2CCSC(C)(C)C2)C1. The Morgan fingerprint density at radius 3 is 2.82 bits per heavy atom. The molecule has 1 saturated heterocycles. The summed E-state index contributed by atoms with van der Waals surface area (Å²) in [7, 11) is 0. The molecule has 0 aromatic heterocycles. The first-order chi connectivity index (χ1) is 7.96. The van der Waals surface area contributed by atoms with Gasteiger partial charge in [-0.25, -0.2) is 0 Å². The van der Waals surface area contributed by atoms with Crippen molar-refractivity contribution in [1.82, 2.24) is 4.90 Å². The maximum atomic E-state index is 6.29. The second-order valence-electron chi connectivity index (χ2n) is 6.69. The van der Waals surface area contributed by atoms with Gasteiger partial charge in [0, 0.05) is 36.2 Å². The van der Waals surface area contributed by atoms with Gasteiger partial charge in [-0.1, -0.05) is 6.92 Å². The molecular formula is C14H28N2S.